The first kappa shape index (κ1) is 11.8. The lowest BCUT2D eigenvalue weighted by atomic mass is 10.1. The molecule has 0 amide bonds. The van der Waals surface area contributed by atoms with Crippen molar-refractivity contribution in [1.82, 2.24) is 9.97 Å². The molecule has 1 aromatic heterocycles. The number of thioether (sulfide) groups is 1. The molecule has 6 heteroatoms. The van der Waals surface area contributed by atoms with Crippen LogP contribution in [0.3, 0.4) is 0 Å². The smallest absolute Gasteiger partial charge is 0.222 e. The van der Waals surface area contributed by atoms with E-state index in [0.717, 1.165) is 6.54 Å². The average molecular weight is 259 g/mol. The van der Waals surface area contributed by atoms with E-state index in [1.54, 1.807) is 0 Å². The first-order valence-corrected chi connectivity index (χ1v) is 6.61. The van der Waals surface area contributed by atoms with Crippen LogP contribution in [-0.2, 0) is 0 Å². The van der Waals surface area contributed by atoms with E-state index in [-0.39, 0.29) is 10.7 Å². The van der Waals surface area contributed by atoms with E-state index in [0.29, 0.717) is 10.8 Å². The average Bonchev–Trinajstić information content (AvgIpc) is 2.67. The van der Waals surface area contributed by atoms with Gasteiger partial charge < -0.3 is 11.1 Å². The Morgan fingerprint density at radius 3 is 3.19 bits per heavy atom. The Kier molecular flexibility index (Phi) is 3.44. The molecule has 1 aliphatic heterocycles. The molecule has 4 nitrogen and oxygen atoms in total. The third kappa shape index (κ3) is 2.71. The van der Waals surface area contributed by atoms with Crippen LogP contribution < -0.4 is 11.1 Å². The Bertz CT molecular complexity index is 379. The second-order valence-corrected chi connectivity index (χ2v) is 6.27. The van der Waals surface area contributed by atoms with E-state index in [1.165, 1.54) is 24.8 Å². The third-order valence-electron chi connectivity index (χ3n) is 2.69. The fourth-order valence-corrected chi connectivity index (χ4v) is 3.15. The molecule has 0 aliphatic carbocycles. The van der Waals surface area contributed by atoms with E-state index in [2.05, 4.69) is 22.2 Å². The normalized spacial score (nSPS) is 24.6. The van der Waals surface area contributed by atoms with E-state index in [9.17, 15) is 0 Å². The number of nitrogens with one attached hydrogen (secondary N) is 1. The lowest BCUT2D eigenvalue weighted by Gasteiger charge is -2.23. The monoisotopic (exact) mass is 258 g/mol. The van der Waals surface area contributed by atoms with Gasteiger partial charge in [0.05, 0.1) is 6.20 Å². The highest BCUT2D eigenvalue weighted by Gasteiger charge is 2.29. The van der Waals surface area contributed by atoms with Gasteiger partial charge >= 0.3 is 0 Å². The summed E-state index contributed by atoms with van der Waals surface area (Å²) in [6, 6.07) is 0. The first-order chi connectivity index (χ1) is 7.59. The van der Waals surface area contributed by atoms with Gasteiger partial charge in [0, 0.05) is 11.3 Å². The van der Waals surface area contributed by atoms with Crippen molar-refractivity contribution < 1.29 is 0 Å². The summed E-state index contributed by atoms with van der Waals surface area (Å²) in [6.45, 7) is 3.12. The molecule has 2 heterocycles. The molecule has 0 saturated carbocycles. The summed E-state index contributed by atoms with van der Waals surface area (Å²) < 4.78 is 0.281. The van der Waals surface area contributed by atoms with E-state index >= 15 is 0 Å². The molecule has 88 valence electrons. The first-order valence-electron chi connectivity index (χ1n) is 5.25. The van der Waals surface area contributed by atoms with Gasteiger partial charge in [-0.1, -0.05) is 11.6 Å². The van der Waals surface area contributed by atoms with Crippen LogP contribution in [-0.4, -0.2) is 27.0 Å². The zero-order valence-corrected chi connectivity index (χ0v) is 10.7. The van der Waals surface area contributed by atoms with E-state index in [1.807, 2.05) is 11.8 Å². The summed E-state index contributed by atoms with van der Waals surface area (Å²) in [5.74, 6) is 2.11. The third-order valence-corrected chi connectivity index (χ3v) is 4.51. The Balaban J connectivity index is 2.01. The largest absolute Gasteiger partial charge is 0.368 e. The van der Waals surface area contributed by atoms with Crippen LogP contribution in [0.15, 0.2) is 6.20 Å². The molecule has 1 atom stereocenters. The maximum atomic E-state index is 5.98. The van der Waals surface area contributed by atoms with Crippen molar-refractivity contribution in [2.75, 3.05) is 23.3 Å². The Morgan fingerprint density at radius 1 is 1.69 bits per heavy atom. The summed E-state index contributed by atoms with van der Waals surface area (Å²) in [5, 5.41) is 3.77. The minimum atomic E-state index is 0.246. The highest BCUT2D eigenvalue weighted by molar-refractivity contribution is 8.00. The standard InChI is InChI=1S/C10H15ClN4S/c1-10(3-2-4-16-10)6-14-8-7(11)5-13-9(12)15-8/h5H,2-4,6H2,1H3,(H3,12,13,14,15). The van der Waals surface area contributed by atoms with Crippen molar-refractivity contribution in [1.29, 1.82) is 0 Å². The Labute approximate surface area is 104 Å². The van der Waals surface area contributed by atoms with Crippen molar-refractivity contribution in [2.24, 2.45) is 0 Å². The van der Waals surface area contributed by atoms with Gasteiger partial charge in [-0.2, -0.15) is 16.7 Å². The number of anilines is 2. The lowest BCUT2D eigenvalue weighted by molar-refractivity contribution is 0.634. The number of halogens is 1. The molecule has 1 aromatic rings. The van der Waals surface area contributed by atoms with Gasteiger partial charge in [0.1, 0.15) is 5.02 Å². The quantitative estimate of drug-likeness (QED) is 0.872. The zero-order valence-electron chi connectivity index (χ0n) is 9.16. The predicted molar refractivity (Wildman–Crippen MR) is 70.0 cm³/mol. The molecular formula is C10H15ClN4S. The maximum Gasteiger partial charge on any atom is 0.222 e. The van der Waals surface area contributed by atoms with Crippen LogP contribution in [0.4, 0.5) is 11.8 Å². The molecule has 1 fully saturated rings. The van der Waals surface area contributed by atoms with Crippen LogP contribution in [0, 0.1) is 0 Å². The predicted octanol–water partition coefficient (Wildman–Crippen LogP) is 2.41. The van der Waals surface area contributed by atoms with E-state index < -0.39 is 0 Å². The molecule has 3 N–H and O–H groups in total. The van der Waals surface area contributed by atoms with Gasteiger partial charge in [0.25, 0.3) is 0 Å². The Hall–Kier alpha value is -0.680. The molecule has 1 aliphatic rings. The van der Waals surface area contributed by atoms with Crippen molar-refractivity contribution >= 4 is 35.1 Å². The van der Waals surface area contributed by atoms with Crippen molar-refractivity contribution in [3.8, 4) is 0 Å². The topological polar surface area (TPSA) is 63.8 Å². The summed E-state index contributed by atoms with van der Waals surface area (Å²) in [7, 11) is 0. The lowest BCUT2D eigenvalue weighted by Crippen LogP contribution is -2.27. The number of nitrogen functional groups attached to an aromatic ring is 1. The SMILES string of the molecule is CC1(CNc2nc(N)ncc2Cl)CCCS1. The summed E-state index contributed by atoms with van der Waals surface area (Å²) in [5.41, 5.74) is 5.52. The number of aromatic nitrogens is 2. The zero-order chi connectivity index (χ0) is 11.6. The van der Waals surface area contributed by atoms with Gasteiger partial charge in [-0.05, 0) is 25.5 Å². The van der Waals surface area contributed by atoms with Gasteiger partial charge in [-0.25, -0.2) is 4.98 Å². The molecule has 1 saturated heterocycles. The number of hydrogen-bond donors (Lipinski definition) is 2. The molecule has 16 heavy (non-hydrogen) atoms. The summed E-state index contributed by atoms with van der Waals surface area (Å²) in [6.07, 6.45) is 4.03. The fourth-order valence-electron chi connectivity index (χ4n) is 1.75. The molecule has 0 radical (unpaired) electrons. The molecule has 1 unspecified atom stereocenters. The van der Waals surface area contributed by atoms with Crippen molar-refractivity contribution in [3.05, 3.63) is 11.2 Å². The minimum absolute atomic E-state index is 0.246. The van der Waals surface area contributed by atoms with E-state index in [4.69, 9.17) is 17.3 Å². The molecular weight excluding hydrogens is 244 g/mol. The maximum absolute atomic E-state index is 5.98. The van der Waals surface area contributed by atoms with Crippen LogP contribution in [0.25, 0.3) is 0 Å². The van der Waals surface area contributed by atoms with Gasteiger partial charge in [-0.15, -0.1) is 0 Å². The van der Waals surface area contributed by atoms with Gasteiger partial charge in [0.2, 0.25) is 5.95 Å². The second-order valence-electron chi connectivity index (χ2n) is 4.18. The van der Waals surface area contributed by atoms with Crippen molar-refractivity contribution in [2.45, 2.75) is 24.5 Å². The number of rotatable bonds is 3. The number of hydrogen-bond acceptors (Lipinski definition) is 5. The second kappa shape index (κ2) is 4.67. The summed E-state index contributed by atoms with van der Waals surface area (Å²) in [4.78, 5) is 7.91. The highest BCUT2D eigenvalue weighted by atomic mass is 35.5. The van der Waals surface area contributed by atoms with Gasteiger partial charge in [0.15, 0.2) is 5.82 Å². The highest BCUT2D eigenvalue weighted by Crippen LogP contribution is 2.37. The number of nitrogens with two attached hydrogens (primary N) is 1. The molecule has 0 spiro atoms. The fraction of sp³-hybridized carbons (Fsp3) is 0.600. The molecule has 0 bridgehead atoms. The minimum Gasteiger partial charge on any atom is -0.368 e. The molecule has 0 aromatic carbocycles. The van der Waals surface area contributed by atoms with Crippen LogP contribution in [0.2, 0.25) is 5.02 Å². The summed E-state index contributed by atoms with van der Waals surface area (Å²) >= 11 is 7.97. The van der Waals surface area contributed by atoms with Gasteiger partial charge in [-0.3, -0.25) is 0 Å². The molecule has 2 rings (SSSR count). The number of nitrogens with zero attached hydrogens (tertiary/aromatic N) is 2. The van der Waals surface area contributed by atoms with Crippen molar-refractivity contribution in [3.63, 3.8) is 0 Å². The Morgan fingerprint density at radius 2 is 2.50 bits per heavy atom. The van der Waals surface area contributed by atoms with Crippen LogP contribution in [0.1, 0.15) is 19.8 Å². The van der Waals surface area contributed by atoms with Crippen LogP contribution in [0.5, 0.6) is 0 Å². The van der Waals surface area contributed by atoms with Crippen LogP contribution >= 0.6 is 23.4 Å².